The first-order valence-corrected chi connectivity index (χ1v) is 8.98. The minimum absolute atomic E-state index is 0.0111. The van der Waals surface area contributed by atoms with E-state index in [-0.39, 0.29) is 11.8 Å². The predicted molar refractivity (Wildman–Crippen MR) is 88.6 cm³/mol. The van der Waals surface area contributed by atoms with Crippen LogP contribution in [0.15, 0.2) is 34.5 Å². The van der Waals surface area contributed by atoms with E-state index in [0.717, 1.165) is 23.5 Å². The van der Waals surface area contributed by atoms with Crippen LogP contribution in [0.5, 0.6) is 0 Å². The van der Waals surface area contributed by atoms with Gasteiger partial charge in [-0.3, -0.25) is 9.59 Å². The lowest BCUT2D eigenvalue weighted by Gasteiger charge is -2.27. The van der Waals surface area contributed by atoms with Gasteiger partial charge in [0.2, 0.25) is 5.91 Å². The van der Waals surface area contributed by atoms with Crippen molar-refractivity contribution in [1.29, 1.82) is 0 Å². The number of anilines is 1. The number of benzene rings is 1. The summed E-state index contributed by atoms with van der Waals surface area (Å²) in [5, 5.41) is 4.93. The van der Waals surface area contributed by atoms with Crippen molar-refractivity contribution in [3.8, 4) is 0 Å². The highest BCUT2D eigenvalue weighted by Crippen LogP contribution is 2.33. The normalized spacial score (nSPS) is 16.7. The minimum Gasteiger partial charge on any atom is -0.334 e. The summed E-state index contributed by atoms with van der Waals surface area (Å²) in [5.74, 6) is 0.459. The van der Waals surface area contributed by atoms with Gasteiger partial charge in [-0.2, -0.15) is 0 Å². The van der Waals surface area contributed by atoms with Crippen LogP contribution in [-0.2, 0) is 17.8 Å². The molecule has 0 saturated heterocycles. The van der Waals surface area contributed by atoms with Gasteiger partial charge in [0.15, 0.2) is 0 Å². The van der Waals surface area contributed by atoms with Crippen molar-refractivity contribution in [3.05, 3.63) is 45.6 Å². The summed E-state index contributed by atoms with van der Waals surface area (Å²) in [6, 6.07) is 7.68. The van der Waals surface area contributed by atoms with Gasteiger partial charge >= 0.3 is 0 Å². The number of hydrogen-bond donors (Lipinski definition) is 1. The molecule has 1 N–H and O–H groups in total. The van der Waals surface area contributed by atoms with Crippen molar-refractivity contribution >= 4 is 40.6 Å². The fourth-order valence-electron chi connectivity index (χ4n) is 2.82. The molecule has 2 aromatic rings. The molecule has 2 aliphatic rings. The Morgan fingerprint density at radius 1 is 1.27 bits per heavy atom. The Morgan fingerprint density at radius 2 is 2.18 bits per heavy atom. The molecule has 6 heteroatoms. The molecule has 2 aliphatic heterocycles. The monoisotopic (exact) mass is 330 g/mol. The summed E-state index contributed by atoms with van der Waals surface area (Å²) in [6.07, 6.45) is 0.927. The molecule has 2 amide bonds. The molecule has 1 aromatic carbocycles. The van der Waals surface area contributed by atoms with E-state index in [0.29, 0.717) is 17.9 Å². The van der Waals surface area contributed by atoms with Crippen molar-refractivity contribution in [2.24, 2.45) is 0 Å². The molecule has 3 heterocycles. The van der Waals surface area contributed by atoms with Gasteiger partial charge in [-0.05, 0) is 41.6 Å². The molecular formula is C16H14N2O2S2. The van der Waals surface area contributed by atoms with E-state index in [2.05, 4.69) is 16.8 Å². The van der Waals surface area contributed by atoms with Crippen molar-refractivity contribution in [2.75, 3.05) is 17.6 Å². The molecule has 4 nitrogen and oxygen atoms in total. The Hall–Kier alpha value is -1.79. The molecule has 0 atom stereocenters. The van der Waals surface area contributed by atoms with Crippen molar-refractivity contribution in [2.45, 2.75) is 17.9 Å². The second kappa shape index (κ2) is 5.44. The molecule has 0 fully saturated rings. The largest absolute Gasteiger partial charge is 0.334 e. The zero-order valence-corrected chi connectivity index (χ0v) is 13.4. The lowest BCUT2D eigenvalue weighted by atomic mass is 10.1. The number of hydrogen-bond acceptors (Lipinski definition) is 4. The van der Waals surface area contributed by atoms with Crippen molar-refractivity contribution in [1.82, 2.24) is 4.90 Å². The number of rotatable bonds is 1. The quantitative estimate of drug-likeness (QED) is 0.874. The van der Waals surface area contributed by atoms with Crippen LogP contribution in [0.1, 0.15) is 20.8 Å². The molecule has 0 radical (unpaired) electrons. The molecule has 4 rings (SSSR count). The van der Waals surface area contributed by atoms with E-state index < -0.39 is 0 Å². The third-order valence-electron chi connectivity index (χ3n) is 3.95. The molecular weight excluding hydrogens is 316 g/mol. The lowest BCUT2D eigenvalue weighted by Crippen LogP contribution is -2.35. The van der Waals surface area contributed by atoms with E-state index in [1.807, 2.05) is 17.0 Å². The SMILES string of the molecule is O=C1CSc2ccc(C(=O)N3CCc4sccc4C3)cc2N1. The molecule has 0 saturated carbocycles. The molecule has 1 aromatic heterocycles. The number of amides is 2. The van der Waals surface area contributed by atoms with E-state index in [9.17, 15) is 9.59 Å². The maximum atomic E-state index is 12.7. The van der Waals surface area contributed by atoms with Gasteiger partial charge in [0.1, 0.15) is 0 Å². The van der Waals surface area contributed by atoms with Crippen LogP contribution in [-0.4, -0.2) is 29.0 Å². The summed E-state index contributed by atoms with van der Waals surface area (Å²) >= 11 is 3.27. The van der Waals surface area contributed by atoms with Crippen LogP contribution in [0.3, 0.4) is 0 Å². The topological polar surface area (TPSA) is 49.4 Å². The van der Waals surface area contributed by atoms with Gasteiger partial charge in [-0.1, -0.05) is 0 Å². The average Bonchev–Trinajstić information content (AvgIpc) is 3.01. The first kappa shape index (κ1) is 13.8. The smallest absolute Gasteiger partial charge is 0.254 e. The van der Waals surface area contributed by atoms with Gasteiger partial charge in [0, 0.05) is 28.4 Å². The average molecular weight is 330 g/mol. The molecule has 22 heavy (non-hydrogen) atoms. The number of fused-ring (bicyclic) bond motifs is 2. The van der Waals surface area contributed by atoms with Gasteiger partial charge in [0.25, 0.3) is 5.91 Å². The second-order valence-corrected chi connectivity index (χ2v) is 7.41. The zero-order chi connectivity index (χ0) is 15.1. The number of nitrogens with one attached hydrogen (secondary N) is 1. The number of nitrogens with zero attached hydrogens (tertiary/aromatic N) is 1. The van der Waals surface area contributed by atoms with Gasteiger partial charge in [-0.15, -0.1) is 23.1 Å². The van der Waals surface area contributed by atoms with Gasteiger partial charge < -0.3 is 10.2 Å². The molecule has 112 valence electrons. The number of carbonyl (C=O) groups is 2. The Balaban J connectivity index is 1.58. The minimum atomic E-state index is -0.0111. The van der Waals surface area contributed by atoms with Crippen LogP contribution in [0, 0.1) is 0 Å². The van der Waals surface area contributed by atoms with Gasteiger partial charge in [-0.25, -0.2) is 0 Å². The zero-order valence-electron chi connectivity index (χ0n) is 11.8. The van der Waals surface area contributed by atoms with Crippen molar-refractivity contribution in [3.63, 3.8) is 0 Å². The summed E-state index contributed by atoms with van der Waals surface area (Å²) in [4.78, 5) is 28.5. The lowest BCUT2D eigenvalue weighted by molar-refractivity contribution is -0.113. The van der Waals surface area contributed by atoms with Crippen molar-refractivity contribution < 1.29 is 9.59 Å². The highest BCUT2D eigenvalue weighted by Gasteiger charge is 2.24. The van der Waals surface area contributed by atoms with E-state index >= 15 is 0 Å². The number of thioether (sulfide) groups is 1. The summed E-state index contributed by atoms with van der Waals surface area (Å²) in [5.41, 5.74) is 2.65. The first-order chi connectivity index (χ1) is 10.7. The van der Waals surface area contributed by atoms with E-state index in [4.69, 9.17) is 0 Å². The fourth-order valence-corrected chi connectivity index (χ4v) is 4.50. The maximum Gasteiger partial charge on any atom is 0.254 e. The second-order valence-electron chi connectivity index (χ2n) is 5.39. The Morgan fingerprint density at radius 3 is 3.09 bits per heavy atom. The molecule has 0 unspecified atom stereocenters. The first-order valence-electron chi connectivity index (χ1n) is 7.12. The van der Waals surface area contributed by atoms with Crippen LogP contribution < -0.4 is 5.32 Å². The van der Waals surface area contributed by atoms with Crippen LogP contribution in [0.2, 0.25) is 0 Å². The Bertz CT molecular complexity index is 769. The van der Waals surface area contributed by atoms with Crippen LogP contribution >= 0.6 is 23.1 Å². The van der Waals surface area contributed by atoms with E-state index in [1.54, 1.807) is 17.4 Å². The molecule has 0 bridgehead atoms. The standard InChI is InChI=1S/C16H14N2O2S2/c19-15-9-22-14-2-1-10(7-12(14)17-15)16(20)18-5-3-13-11(8-18)4-6-21-13/h1-2,4,6-7H,3,5,8-9H2,(H,17,19). The third-order valence-corrected chi connectivity index (χ3v) is 6.05. The third kappa shape index (κ3) is 2.42. The maximum absolute atomic E-state index is 12.7. The number of carbonyl (C=O) groups excluding carboxylic acids is 2. The number of thiophene rings is 1. The van der Waals surface area contributed by atoms with Crippen LogP contribution in [0.25, 0.3) is 0 Å². The van der Waals surface area contributed by atoms with Gasteiger partial charge in [0.05, 0.1) is 11.4 Å². The predicted octanol–water partition coefficient (Wildman–Crippen LogP) is 2.99. The van der Waals surface area contributed by atoms with E-state index in [1.165, 1.54) is 22.2 Å². The summed E-state index contributed by atoms with van der Waals surface area (Å²) in [7, 11) is 0. The fraction of sp³-hybridized carbons (Fsp3) is 0.250. The van der Waals surface area contributed by atoms with Crippen LogP contribution in [0.4, 0.5) is 5.69 Å². The highest BCUT2D eigenvalue weighted by atomic mass is 32.2. The highest BCUT2D eigenvalue weighted by molar-refractivity contribution is 8.00. The summed E-state index contributed by atoms with van der Waals surface area (Å²) < 4.78 is 0. The Labute approximate surface area is 136 Å². The Kier molecular flexibility index (Phi) is 3.43. The molecule has 0 aliphatic carbocycles. The summed E-state index contributed by atoms with van der Waals surface area (Å²) in [6.45, 7) is 1.43. The molecule has 0 spiro atoms.